The lowest BCUT2D eigenvalue weighted by atomic mass is 10.3. The molecule has 0 saturated carbocycles. The number of para-hydroxylation sites is 1. The van der Waals surface area contributed by atoms with Gasteiger partial charge in [-0.3, -0.25) is 0 Å². The minimum absolute atomic E-state index is 0.0236. The molecule has 0 aliphatic rings. The summed E-state index contributed by atoms with van der Waals surface area (Å²) in [4.78, 5) is 0.0236. The van der Waals surface area contributed by atoms with E-state index in [0.29, 0.717) is 5.69 Å². The van der Waals surface area contributed by atoms with Crippen molar-refractivity contribution < 1.29 is 8.42 Å². The third kappa shape index (κ3) is 1.88. The van der Waals surface area contributed by atoms with E-state index in [4.69, 9.17) is 5.14 Å². The van der Waals surface area contributed by atoms with Crippen LogP contribution in [0.4, 0.5) is 0 Å². The van der Waals surface area contributed by atoms with Gasteiger partial charge in [-0.25, -0.2) is 18.2 Å². The van der Waals surface area contributed by atoms with Gasteiger partial charge in [0.15, 0.2) is 0 Å². The van der Waals surface area contributed by atoms with E-state index in [9.17, 15) is 8.42 Å². The SMILES string of the molecule is NS(=O)(=O)c1ccccc1-n1ccnn1. The summed E-state index contributed by atoms with van der Waals surface area (Å²) in [5.41, 5.74) is 0.387. The number of rotatable bonds is 2. The maximum absolute atomic E-state index is 11.3. The van der Waals surface area contributed by atoms with E-state index in [1.54, 1.807) is 24.4 Å². The first kappa shape index (κ1) is 9.81. The summed E-state index contributed by atoms with van der Waals surface area (Å²) in [5, 5.41) is 12.4. The van der Waals surface area contributed by atoms with Crippen LogP contribution in [0.15, 0.2) is 41.6 Å². The summed E-state index contributed by atoms with van der Waals surface area (Å²) in [7, 11) is -3.75. The Morgan fingerprint density at radius 2 is 2.00 bits per heavy atom. The monoisotopic (exact) mass is 224 g/mol. The van der Waals surface area contributed by atoms with E-state index in [1.165, 1.54) is 16.9 Å². The summed E-state index contributed by atoms with van der Waals surface area (Å²) >= 11 is 0. The van der Waals surface area contributed by atoms with Gasteiger partial charge in [-0.05, 0) is 12.1 Å². The van der Waals surface area contributed by atoms with Crippen LogP contribution in [0, 0.1) is 0 Å². The highest BCUT2D eigenvalue weighted by molar-refractivity contribution is 7.89. The van der Waals surface area contributed by atoms with Gasteiger partial charge in [0.2, 0.25) is 10.0 Å². The third-order valence-corrected chi connectivity index (χ3v) is 2.80. The zero-order valence-corrected chi connectivity index (χ0v) is 8.42. The normalized spacial score (nSPS) is 11.5. The van der Waals surface area contributed by atoms with E-state index in [0.717, 1.165) is 0 Å². The van der Waals surface area contributed by atoms with Crippen LogP contribution in [0.2, 0.25) is 0 Å². The standard InChI is InChI=1S/C8H8N4O2S/c9-15(13,14)8-4-2-1-3-7(8)12-6-5-10-11-12/h1-6H,(H2,9,13,14). The Morgan fingerprint density at radius 1 is 1.27 bits per heavy atom. The molecule has 1 aromatic heterocycles. The van der Waals surface area contributed by atoms with Crippen LogP contribution in [0.25, 0.3) is 5.69 Å². The largest absolute Gasteiger partial charge is 0.240 e. The minimum atomic E-state index is -3.75. The third-order valence-electron chi connectivity index (χ3n) is 1.84. The fraction of sp³-hybridized carbons (Fsp3) is 0. The lowest BCUT2D eigenvalue weighted by molar-refractivity contribution is 0.596. The van der Waals surface area contributed by atoms with Crippen LogP contribution in [-0.2, 0) is 10.0 Å². The Bertz CT molecular complexity index is 562. The van der Waals surface area contributed by atoms with Gasteiger partial charge in [-0.1, -0.05) is 17.3 Å². The molecular weight excluding hydrogens is 216 g/mol. The molecule has 7 heteroatoms. The fourth-order valence-electron chi connectivity index (χ4n) is 1.22. The number of nitrogens with zero attached hydrogens (tertiary/aromatic N) is 3. The molecule has 0 aliphatic carbocycles. The molecule has 0 radical (unpaired) electrons. The van der Waals surface area contributed by atoms with Crippen molar-refractivity contribution in [3.8, 4) is 5.69 Å². The molecule has 0 bridgehead atoms. The predicted molar refractivity (Wildman–Crippen MR) is 52.7 cm³/mol. The molecule has 0 atom stereocenters. The van der Waals surface area contributed by atoms with Gasteiger partial charge in [0.05, 0.1) is 18.1 Å². The predicted octanol–water partition coefficient (Wildman–Crippen LogP) is -0.0853. The van der Waals surface area contributed by atoms with E-state index < -0.39 is 10.0 Å². The van der Waals surface area contributed by atoms with Gasteiger partial charge in [0.25, 0.3) is 0 Å². The Hall–Kier alpha value is -1.73. The van der Waals surface area contributed by atoms with Crippen molar-refractivity contribution in [1.29, 1.82) is 0 Å². The van der Waals surface area contributed by atoms with E-state index in [2.05, 4.69) is 10.3 Å². The number of aromatic nitrogens is 3. The molecule has 2 N–H and O–H groups in total. The molecule has 6 nitrogen and oxygen atoms in total. The van der Waals surface area contributed by atoms with Gasteiger partial charge in [0.1, 0.15) is 4.90 Å². The zero-order valence-electron chi connectivity index (χ0n) is 7.61. The van der Waals surface area contributed by atoms with Gasteiger partial charge < -0.3 is 0 Å². The highest BCUT2D eigenvalue weighted by atomic mass is 32.2. The molecule has 0 spiro atoms. The van der Waals surface area contributed by atoms with Gasteiger partial charge in [0, 0.05) is 0 Å². The van der Waals surface area contributed by atoms with Crippen molar-refractivity contribution in [2.24, 2.45) is 5.14 Å². The summed E-state index contributed by atoms with van der Waals surface area (Å²) in [6, 6.07) is 6.33. The second-order valence-corrected chi connectivity index (χ2v) is 4.39. The maximum Gasteiger partial charge on any atom is 0.240 e. The molecule has 0 amide bonds. The van der Waals surface area contributed by atoms with Crippen molar-refractivity contribution in [1.82, 2.24) is 15.0 Å². The zero-order chi connectivity index (χ0) is 10.9. The van der Waals surface area contributed by atoms with Crippen LogP contribution in [0.3, 0.4) is 0 Å². The first-order chi connectivity index (χ1) is 7.09. The maximum atomic E-state index is 11.3. The molecule has 0 unspecified atom stereocenters. The lowest BCUT2D eigenvalue weighted by Gasteiger charge is -2.05. The summed E-state index contributed by atoms with van der Waals surface area (Å²) in [6.45, 7) is 0. The highest BCUT2D eigenvalue weighted by Crippen LogP contribution is 2.16. The summed E-state index contributed by atoms with van der Waals surface area (Å²) in [6.07, 6.45) is 3.00. The Labute approximate surface area is 86.4 Å². The Balaban J connectivity index is 2.68. The molecule has 15 heavy (non-hydrogen) atoms. The second-order valence-electron chi connectivity index (χ2n) is 2.86. The average molecular weight is 224 g/mol. The van der Waals surface area contributed by atoms with Gasteiger partial charge in [-0.15, -0.1) is 5.10 Å². The van der Waals surface area contributed by atoms with Gasteiger partial charge >= 0.3 is 0 Å². The molecule has 2 aromatic rings. The van der Waals surface area contributed by atoms with Crippen LogP contribution >= 0.6 is 0 Å². The van der Waals surface area contributed by atoms with E-state index in [1.807, 2.05) is 0 Å². The second kappa shape index (κ2) is 3.44. The van der Waals surface area contributed by atoms with Crippen LogP contribution < -0.4 is 5.14 Å². The topological polar surface area (TPSA) is 90.9 Å². The van der Waals surface area contributed by atoms with Crippen molar-refractivity contribution >= 4 is 10.0 Å². The summed E-state index contributed by atoms with van der Waals surface area (Å²) < 4.78 is 23.9. The highest BCUT2D eigenvalue weighted by Gasteiger charge is 2.14. The van der Waals surface area contributed by atoms with Crippen LogP contribution in [0.1, 0.15) is 0 Å². The number of hydrogen-bond acceptors (Lipinski definition) is 4. The molecule has 1 heterocycles. The number of nitrogens with two attached hydrogens (primary N) is 1. The van der Waals surface area contributed by atoms with Crippen molar-refractivity contribution in [3.05, 3.63) is 36.7 Å². The molecule has 2 rings (SSSR count). The fourth-order valence-corrected chi connectivity index (χ4v) is 1.95. The van der Waals surface area contributed by atoms with E-state index >= 15 is 0 Å². The molecule has 78 valence electrons. The Morgan fingerprint density at radius 3 is 2.60 bits per heavy atom. The molecule has 0 saturated heterocycles. The molecule has 0 aliphatic heterocycles. The average Bonchev–Trinajstić information content (AvgIpc) is 2.69. The molecular formula is C8H8N4O2S. The van der Waals surface area contributed by atoms with E-state index in [-0.39, 0.29) is 4.90 Å². The first-order valence-electron chi connectivity index (χ1n) is 4.07. The molecule has 0 fully saturated rings. The van der Waals surface area contributed by atoms with Crippen LogP contribution in [-0.4, -0.2) is 23.4 Å². The van der Waals surface area contributed by atoms with Crippen molar-refractivity contribution in [2.45, 2.75) is 4.90 Å². The Kier molecular flexibility index (Phi) is 2.25. The number of primary sulfonamides is 1. The smallest absolute Gasteiger partial charge is 0.225 e. The van der Waals surface area contributed by atoms with Gasteiger partial charge in [-0.2, -0.15) is 0 Å². The lowest BCUT2D eigenvalue weighted by Crippen LogP contribution is -2.15. The molecule has 1 aromatic carbocycles. The minimum Gasteiger partial charge on any atom is -0.225 e. The summed E-state index contributed by atoms with van der Waals surface area (Å²) in [5.74, 6) is 0. The first-order valence-corrected chi connectivity index (χ1v) is 5.62. The number of benzene rings is 1. The quantitative estimate of drug-likeness (QED) is 0.772. The van der Waals surface area contributed by atoms with Crippen LogP contribution in [0.5, 0.6) is 0 Å². The number of hydrogen-bond donors (Lipinski definition) is 1. The van der Waals surface area contributed by atoms with Crippen molar-refractivity contribution in [3.63, 3.8) is 0 Å². The van der Waals surface area contributed by atoms with Crippen molar-refractivity contribution in [2.75, 3.05) is 0 Å². The number of sulfonamides is 1.